The van der Waals surface area contributed by atoms with E-state index in [9.17, 15) is 9.59 Å². The number of ether oxygens (including phenoxy) is 1. The van der Waals surface area contributed by atoms with E-state index in [-0.39, 0.29) is 36.6 Å². The van der Waals surface area contributed by atoms with E-state index >= 15 is 0 Å². The van der Waals surface area contributed by atoms with E-state index < -0.39 is 0 Å². The Morgan fingerprint density at radius 1 is 1.05 bits per heavy atom. The van der Waals surface area contributed by atoms with Crippen molar-refractivity contribution in [3.8, 4) is 11.5 Å². The Morgan fingerprint density at radius 2 is 1.82 bits per heavy atom. The first-order valence-corrected chi connectivity index (χ1v) is 13.3. The van der Waals surface area contributed by atoms with Crippen molar-refractivity contribution in [3.63, 3.8) is 0 Å². The molecule has 10 heteroatoms. The molecule has 2 amide bonds. The van der Waals surface area contributed by atoms with Crippen LogP contribution in [0, 0.1) is 0 Å². The van der Waals surface area contributed by atoms with Crippen LogP contribution in [0.2, 0.25) is 5.02 Å². The summed E-state index contributed by atoms with van der Waals surface area (Å²) >= 11 is 6.21. The topological polar surface area (TPSA) is 107 Å². The Hall–Kier alpha value is -3.92. The van der Waals surface area contributed by atoms with E-state index in [2.05, 4.69) is 33.3 Å². The number of hydrogen-bond donors (Lipinski definition) is 4. The van der Waals surface area contributed by atoms with E-state index in [0.717, 1.165) is 22.5 Å². The Labute approximate surface area is 232 Å². The Bertz CT molecular complexity index is 1410. The van der Waals surface area contributed by atoms with Crippen LogP contribution in [0.5, 0.6) is 11.5 Å². The average molecular weight is 547 g/mol. The summed E-state index contributed by atoms with van der Waals surface area (Å²) in [5.74, 6) is 0.989. The van der Waals surface area contributed by atoms with Gasteiger partial charge in [0.2, 0.25) is 11.8 Å². The first-order valence-electron chi connectivity index (χ1n) is 12.9. The fourth-order valence-corrected chi connectivity index (χ4v) is 5.08. The van der Waals surface area contributed by atoms with Gasteiger partial charge in [0.25, 0.3) is 0 Å². The normalized spacial score (nSPS) is 19.8. The largest absolute Gasteiger partial charge is 0.457 e. The number of rotatable bonds is 7. The van der Waals surface area contributed by atoms with Crippen molar-refractivity contribution in [2.45, 2.75) is 45.6 Å². The summed E-state index contributed by atoms with van der Waals surface area (Å²) in [4.78, 5) is 31.6. The van der Waals surface area contributed by atoms with Crippen molar-refractivity contribution in [1.82, 2.24) is 16.2 Å². The summed E-state index contributed by atoms with van der Waals surface area (Å²) in [6.07, 6.45) is -0.0699. The lowest BCUT2D eigenvalue weighted by molar-refractivity contribution is -0.121. The standard InChI is InChI=1S/C29H31ClN6O3/c1-4-31-27(38)16-25-29-35-34-17(2)36(29)26-13-12-23(39-22-7-5-6-21(14-22)32-18(3)37)15-24(26)28(33-25)19-8-10-20(30)11-9-19/h5-15,17,25,29,34-35H,4,16H2,1-3H3,(H,31,38)(H,32,37). The number of hydrogen-bond acceptors (Lipinski definition) is 7. The predicted molar refractivity (Wildman–Crippen MR) is 153 cm³/mol. The van der Waals surface area contributed by atoms with Gasteiger partial charge in [0, 0.05) is 47.1 Å². The predicted octanol–water partition coefficient (Wildman–Crippen LogP) is 4.42. The summed E-state index contributed by atoms with van der Waals surface area (Å²) in [7, 11) is 0. The molecule has 0 spiro atoms. The third-order valence-corrected chi connectivity index (χ3v) is 6.85. The number of benzene rings is 3. The quantitative estimate of drug-likeness (QED) is 0.349. The SMILES string of the molecule is CCNC(=O)CC1N=C(c2ccc(Cl)cc2)c2cc(Oc3cccc(NC(C)=O)c3)ccc2N2C(C)NNC12. The number of nitrogens with zero attached hydrogens (tertiary/aromatic N) is 2. The second-order valence-electron chi connectivity index (χ2n) is 9.52. The van der Waals surface area contributed by atoms with Crippen LogP contribution in [-0.4, -0.2) is 42.4 Å². The summed E-state index contributed by atoms with van der Waals surface area (Å²) < 4.78 is 6.23. The van der Waals surface area contributed by atoms with Crippen molar-refractivity contribution in [2.24, 2.45) is 4.99 Å². The molecule has 3 aromatic rings. The van der Waals surface area contributed by atoms with E-state index in [0.29, 0.717) is 28.8 Å². The van der Waals surface area contributed by atoms with Crippen LogP contribution in [-0.2, 0) is 9.59 Å². The maximum atomic E-state index is 12.7. The van der Waals surface area contributed by atoms with Crippen molar-refractivity contribution in [1.29, 1.82) is 0 Å². The number of halogens is 1. The minimum absolute atomic E-state index is 0.0497. The van der Waals surface area contributed by atoms with E-state index in [1.165, 1.54) is 6.92 Å². The van der Waals surface area contributed by atoms with Crippen LogP contribution < -0.4 is 31.1 Å². The van der Waals surface area contributed by atoms with Crippen molar-refractivity contribution < 1.29 is 14.3 Å². The maximum absolute atomic E-state index is 12.7. The lowest BCUT2D eigenvalue weighted by atomic mass is 9.99. The summed E-state index contributed by atoms with van der Waals surface area (Å²) in [6.45, 7) is 5.98. The molecule has 1 saturated heterocycles. The molecule has 3 unspecified atom stereocenters. The zero-order valence-electron chi connectivity index (χ0n) is 22.0. The smallest absolute Gasteiger partial charge is 0.222 e. The van der Waals surface area contributed by atoms with Crippen LogP contribution in [0.3, 0.4) is 0 Å². The lowest BCUT2D eigenvalue weighted by Gasteiger charge is -2.31. The minimum atomic E-state index is -0.370. The molecule has 9 nitrogen and oxygen atoms in total. The molecule has 3 aromatic carbocycles. The van der Waals surface area contributed by atoms with E-state index in [1.807, 2.05) is 61.5 Å². The molecule has 2 aliphatic heterocycles. The summed E-state index contributed by atoms with van der Waals surface area (Å²) in [5, 5.41) is 6.31. The Kier molecular flexibility index (Phi) is 7.83. The van der Waals surface area contributed by atoms with Gasteiger partial charge in [0.1, 0.15) is 17.7 Å². The van der Waals surface area contributed by atoms with Gasteiger partial charge in [-0.1, -0.05) is 29.8 Å². The third-order valence-electron chi connectivity index (χ3n) is 6.59. The molecule has 0 aliphatic carbocycles. The molecule has 1 fully saturated rings. The minimum Gasteiger partial charge on any atom is -0.457 e. The molecule has 0 radical (unpaired) electrons. The van der Waals surface area contributed by atoms with Crippen LogP contribution in [0.15, 0.2) is 71.7 Å². The summed E-state index contributed by atoms with van der Waals surface area (Å²) in [6, 6.07) is 20.3. The number of fused-ring (bicyclic) bond motifs is 3. The first kappa shape index (κ1) is 26.7. The maximum Gasteiger partial charge on any atom is 0.222 e. The zero-order chi connectivity index (χ0) is 27.5. The van der Waals surface area contributed by atoms with Gasteiger partial charge < -0.3 is 20.3 Å². The molecule has 0 aromatic heterocycles. The Morgan fingerprint density at radius 3 is 2.56 bits per heavy atom. The number of nitrogens with one attached hydrogen (secondary N) is 4. The molecule has 202 valence electrons. The highest BCUT2D eigenvalue weighted by Crippen LogP contribution is 2.37. The van der Waals surface area contributed by atoms with E-state index in [1.54, 1.807) is 12.1 Å². The number of aliphatic imine (C=N–C) groups is 1. The average Bonchev–Trinajstić information content (AvgIpc) is 3.22. The van der Waals surface area contributed by atoms with Crippen molar-refractivity contribution >= 4 is 40.5 Å². The number of anilines is 2. The highest BCUT2D eigenvalue weighted by Gasteiger charge is 2.40. The molecule has 39 heavy (non-hydrogen) atoms. The molecule has 2 heterocycles. The van der Waals surface area contributed by atoms with Gasteiger partial charge in [-0.05, 0) is 56.3 Å². The van der Waals surface area contributed by atoms with Crippen molar-refractivity contribution in [3.05, 3.63) is 82.9 Å². The Balaban J connectivity index is 1.59. The van der Waals surface area contributed by atoms with Crippen LogP contribution in [0.1, 0.15) is 38.3 Å². The van der Waals surface area contributed by atoms with E-state index in [4.69, 9.17) is 21.3 Å². The van der Waals surface area contributed by atoms with Crippen LogP contribution in [0.25, 0.3) is 0 Å². The van der Waals surface area contributed by atoms with Crippen molar-refractivity contribution in [2.75, 3.05) is 16.8 Å². The molecule has 0 saturated carbocycles. The van der Waals surface area contributed by atoms with Gasteiger partial charge in [-0.3, -0.25) is 14.6 Å². The number of hydrazine groups is 1. The molecule has 4 N–H and O–H groups in total. The highest BCUT2D eigenvalue weighted by molar-refractivity contribution is 6.30. The molecular weight excluding hydrogens is 516 g/mol. The van der Waals surface area contributed by atoms with Gasteiger partial charge in [-0.2, -0.15) is 0 Å². The molecule has 0 bridgehead atoms. The fourth-order valence-electron chi connectivity index (χ4n) is 4.96. The molecular formula is C29H31ClN6O3. The first-order chi connectivity index (χ1) is 18.8. The highest BCUT2D eigenvalue weighted by atomic mass is 35.5. The molecule has 2 aliphatic rings. The number of carbonyl (C=O) groups excluding carboxylic acids is 2. The molecule has 5 rings (SSSR count). The number of carbonyl (C=O) groups is 2. The fraction of sp³-hybridized carbons (Fsp3) is 0.276. The second-order valence-corrected chi connectivity index (χ2v) is 9.95. The number of amides is 2. The van der Waals surface area contributed by atoms with Crippen LogP contribution in [0.4, 0.5) is 11.4 Å². The van der Waals surface area contributed by atoms with Gasteiger partial charge in [-0.25, -0.2) is 10.9 Å². The van der Waals surface area contributed by atoms with Crippen LogP contribution >= 0.6 is 11.6 Å². The summed E-state index contributed by atoms with van der Waals surface area (Å²) in [5.41, 5.74) is 10.7. The monoisotopic (exact) mass is 546 g/mol. The van der Waals surface area contributed by atoms with Gasteiger partial charge in [0.15, 0.2) is 0 Å². The van der Waals surface area contributed by atoms with Gasteiger partial charge in [0.05, 0.1) is 24.3 Å². The third kappa shape index (κ3) is 5.90. The van der Waals surface area contributed by atoms with Gasteiger partial charge >= 0.3 is 0 Å². The molecule has 3 atom stereocenters. The zero-order valence-corrected chi connectivity index (χ0v) is 22.8. The van der Waals surface area contributed by atoms with Gasteiger partial charge in [-0.15, -0.1) is 0 Å². The second kappa shape index (κ2) is 11.4. The lowest BCUT2D eigenvalue weighted by Crippen LogP contribution is -2.47.